The number of nitrogens with zero attached hydrogens (tertiary/aromatic N) is 8. The standard InChI is InChI=1S/4C4H6N2.CHF3O3S.Cu/c4*1-6-3-2-5-4-6;2-1(3,4)8(5,6)7;/h4*2-4H,1H3;(H,5,6,7);/q;;;;;+1. The van der Waals surface area contributed by atoms with Crippen molar-refractivity contribution in [1.82, 2.24) is 38.2 Å². The fourth-order valence-corrected chi connectivity index (χ4v) is 1.30. The first-order chi connectivity index (χ1) is 14.8. The zero-order chi connectivity index (χ0) is 24.6. The van der Waals surface area contributed by atoms with E-state index < -0.39 is 15.6 Å². The summed E-state index contributed by atoms with van der Waals surface area (Å²) >= 11 is 0. The molecule has 0 fully saturated rings. The first kappa shape index (κ1) is 32.2. The third-order valence-electron chi connectivity index (χ3n) is 2.84. The Balaban J connectivity index is 0. The molecule has 4 aromatic heterocycles. The predicted molar refractivity (Wildman–Crippen MR) is 110 cm³/mol. The molecule has 0 aliphatic heterocycles. The Morgan fingerprint density at radius 3 is 0.848 bits per heavy atom. The van der Waals surface area contributed by atoms with E-state index in [1.54, 1.807) is 50.1 Å². The Labute approximate surface area is 200 Å². The summed E-state index contributed by atoms with van der Waals surface area (Å²) in [5.41, 5.74) is -5.53. The average Bonchev–Trinajstić information content (AvgIpc) is 3.46. The van der Waals surface area contributed by atoms with Crippen LogP contribution in [0.25, 0.3) is 0 Å². The molecule has 0 amide bonds. The SMILES string of the molecule is Cn1ccnc1.Cn1ccnc1.Cn1ccnc1.Cn1ccnc1.O=S(=O)(O)C(F)(F)F.[Cu+]. The van der Waals surface area contributed by atoms with Crippen LogP contribution in [-0.4, -0.2) is 56.7 Å². The topological polar surface area (TPSA) is 126 Å². The summed E-state index contributed by atoms with van der Waals surface area (Å²) in [5.74, 6) is 0. The van der Waals surface area contributed by atoms with Crippen LogP contribution in [0.15, 0.2) is 74.9 Å². The maximum absolute atomic E-state index is 10.7. The van der Waals surface area contributed by atoms with Gasteiger partial charge < -0.3 is 18.3 Å². The Kier molecular flexibility index (Phi) is 16.3. The normalized spacial score (nSPS) is 9.82. The van der Waals surface area contributed by atoms with E-state index in [1.807, 2.05) is 71.2 Å². The molecule has 4 heterocycles. The van der Waals surface area contributed by atoms with Gasteiger partial charge in [-0.15, -0.1) is 0 Å². The molecule has 0 bridgehead atoms. The number of hydrogen-bond donors (Lipinski definition) is 1. The molecule has 0 spiro atoms. The smallest absolute Gasteiger partial charge is 0.341 e. The first-order valence-corrected chi connectivity index (χ1v) is 9.98. The fourth-order valence-electron chi connectivity index (χ4n) is 1.30. The van der Waals surface area contributed by atoms with Crippen LogP contribution in [0.4, 0.5) is 13.2 Å². The monoisotopic (exact) mass is 541 g/mol. The van der Waals surface area contributed by atoms with Crippen LogP contribution in [0.2, 0.25) is 0 Å². The Bertz CT molecular complexity index is 893. The largest absolute Gasteiger partial charge is 1.00 e. The van der Waals surface area contributed by atoms with E-state index in [0.29, 0.717) is 0 Å². The molecule has 4 rings (SSSR count). The minimum atomic E-state index is -5.84. The van der Waals surface area contributed by atoms with Gasteiger partial charge in [0.2, 0.25) is 0 Å². The van der Waals surface area contributed by atoms with E-state index >= 15 is 0 Å². The van der Waals surface area contributed by atoms with Gasteiger partial charge in [0.15, 0.2) is 0 Å². The quantitative estimate of drug-likeness (QED) is 0.205. The van der Waals surface area contributed by atoms with Crippen LogP contribution < -0.4 is 0 Å². The van der Waals surface area contributed by atoms with E-state index in [2.05, 4.69) is 19.9 Å². The molecule has 4 aromatic rings. The van der Waals surface area contributed by atoms with Crippen LogP contribution >= 0.6 is 0 Å². The summed E-state index contributed by atoms with van der Waals surface area (Å²) in [4.78, 5) is 15.1. The first-order valence-electron chi connectivity index (χ1n) is 8.54. The summed E-state index contributed by atoms with van der Waals surface area (Å²) in [5, 5.41) is 0. The van der Waals surface area contributed by atoms with Gasteiger partial charge in [0.05, 0.1) is 25.3 Å². The predicted octanol–water partition coefficient (Wildman–Crippen LogP) is 2.07. The van der Waals surface area contributed by atoms with Gasteiger partial charge in [0.1, 0.15) is 0 Å². The van der Waals surface area contributed by atoms with Gasteiger partial charge in [-0.25, -0.2) is 19.9 Å². The van der Waals surface area contributed by atoms with E-state index in [-0.39, 0.29) is 17.1 Å². The van der Waals surface area contributed by atoms with Crippen molar-refractivity contribution in [3.05, 3.63) is 74.9 Å². The van der Waals surface area contributed by atoms with Crippen LogP contribution in [0, 0.1) is 0 Å². The zero-order valence-corrected chi connectivity index (χ0v) is 19.9. The number of alkyl halides is 3. The second-order valence-corrected chi connectivity index (χ2v) is 7.25. The average molecular weight is 542 g/mol. The molecule has 0 atom stereocenters. The van der Waals surface area contributed by atoms with E-state index in [4.69, 9.17) is 13.0 Å². The fraction of sp³-hybridized carbons (Fsp3) is 0.294. The molecule has 0 saturated heterocycles. The van der Waals surface area contributed by atoms with Crippen molar-refractivity contribution in [3.8, 4) is 0 Å². The van der Waals surface area contributed by atoms with Crippen molar-refractivity contribution >= 4 is 10.1 Å². The molecule has 16 heteroatoms. The summed E-state index contributed by atoms with van der Waals surface area (Å²) in [6, 6.07) is 0. The van der Waals surface area contributed by atoms with Crippen LogP contribution in [0.1, 0.15) is 0 Å². The second-order valence-electron chi connectivity index (χ2n) is 5.83. The van der Waals surface area contributed by atoms with Crippen molar-refractivity contribution in [1.29, 1.82) is 0 Å². The van der Waals surface area contributed by atoms with Crippen molar-refractivity contribution < 1.29 is 43.2 Å². The Morgan fingerprint density at radius 2 is 0.818 bits per heavy atom. The molecule has 0 unspecified atom stereocenters. The molecule has 0 aromatic carbocycles. The maximum Gasteiger partial charge on any atom is 1.00 e. The molecule has 188 valence electrons. The number of aryl methyl sites for hydroxylation is 4. The molecule has 0 radical (unpaired) electrons. The van der Waals surface area contributed by atoms with Gasteiger partial charge in [-0.1, -0.05) is 0 Å². The van der Waals surface area contributed by atoms with Crippen molar-refractivity contribution in [3.63, 3.8) is 0 Å². The number of rotatable bonds is 0. The van der Waals surface area contributed by atoms with Gasteiger partial charge in [-0.05, 0) is 0 Å². The van der Waals surface area contributed by atoms with Crippen LogP contribution in [0.5, 0.6) is 0 Å². The minimum Gasteiger partial charge on any atom is -0.341 e. The second kappa shape index (κ2) is 16.7. The summed E-state index contributed by atoms with van der Waals surface area (Å²) in [6.07, 6.45) is 21.6. The van der Waals surface area contributed by atoms with Gasteiger partial charge in [-0.3, -0.25) is 4.55 Å². The van der Waals surface area contributed by atoms with Gasteiger partial charge in [-0.2, -0.15) is 21.6 Å². The number of halogens is 3. The Morgan fingerprint density at radius 1 is 0.636 bits per heavy atom. The maximum atomic E-state index is 10.7. The van der Waals surface area contributed by atoms with E-state index in [1.165, 1.54) is 0 Å². The number of imidazole rings is 4. The van der Waals surface area contributed by atoms with Crippen LogP contribution in [-0.2, 0) is 55.4 Å². The van der Waals surface area contributed by atoms with E-state index in [0.717, 1.165) is 0 Å². The third kappa shape index (κ3) is 18.3. The number of aromatic nitrogens is 8. The minimum absolute atomic E-state index is 0. The molecule has 0 aliphatic rings. The number of hydrogen-bond acceptors (Lipinski definition) is 6. The molecule has 0 saturated carbocycles. The zero-order valence-electron chi connectivity index (χ0n) is 18.1. The Hall–Kier alpha value is -2.94. The van der Waals surface area contributed by atoms with Gasteiger partial charge in [0.25, 0.3) is 0 Å². The third-order valence-corrected chi connectivity index (χ3v) is 3.42. The molecular formula is C17H25CuF3N8O3S+. The van der Waals surface area contributed by atoms with Gasteiger partial charge in [0, 0.05) is 77.8 Å². The summed E-state index contributed by atoms with van der Waals surface area (Å²) < 4.78 is 65.1. The molecule has 1 N–H and O–H groups in total. The molecular weight excluding hydrogens is 517 g/mol. The van der Waals surface area contributed by atoms with Crippen molar-refractivity contribution in [2.75, 3.05) is 0 Å². The van der Waals surface area contributed by atoms with Crippen molar-refractivity contribution in [2.45, 2.75) is 5.51 Å². The van der Waals surface area contributed by atoms with Crippen molar-refractivity contribution in [2.24, 2.45) is 28.2 Å². The van der Waals surface area contributed by atoms with Gasteiger partial charge >= 0.3 is 32.7 Å². The summed E-state index contributed by atoms with van der Waals surface area (Å²) in [7, 11) is 1.91. The van der Waals surface area contributed by atoms with E-state index in [9.17, 15) is 13.2 Å². The molecule has 33 heavy (non-hydrogen) atoms. The molecule has 0 aliphatic carbocycles. The van der Waals surface area contributed by atoms with Crippen LogP contribution in [0.3, 0.4) is 0 Å². The molecule has 11 nitrogen and oxygen atoms in total. The summed E-state index contributed by atoms with van der Waals surface area (Å²) in [6.45, 7) is 0.